The summed E-state index contributed by atoms with van der Waals surface area (Å²) >= 11 is 0. The highest BCUT2D eigenvalue weighted by Crippen LogP contribution is 2.24. The second kappa shape index (κ2) is 6.80. The van der Waals surface area contributed by atoms with Crippen LogP contribution in [0.25, 0.3) is 0 Å². The van der Waals surface area contributed by atoms with E-state index in [1.165, 1.54) is 50.3 Å². The number of piperidine rings is 1. The Balaban J connectivity index is 1.55. The van der Waals surface area contributed by atoms with E-state index in [2.05, 4.69) is 53.2 Å². The summed E-state index contributed by atoms with van der Waals surface area (Å²) in [7, 11) is 0. The van der Waals surface area contributed by atoms with Gasteiger partial charge in [-0.1, -0.05) is 26.0 Å². The maximum absolute atomic E-state index is 3.45. The molecule has 0 radical (unpaired) electrons. The normalized spacial score (nSPS) is 22.0. The number of nitrogens with zero attached hydrogens (tertiary/aromatic N) is 2. The van der Waals surface area contributed by atoms with Crippen molar-refractivity contribution in [2.45, 2.75) is 38.6 Å². The highest BCUT2D eigenvalue weighted by Gasteiger charge is 2.25. The molecule has 3 rings (SSSR count). The third-order valence-electron chi connectivity index (χ3n) is 5.06. The molecule has 116 valence electrons. The van der Waals surface area contributed by atoms with E-state index in [1.807, 2.05) is 0 Å². The Morgan fingerprint density at radius 1 is 0.952 bits per heavy atom. The van der Waals surface area contributed by atoms with Crippen molar-refractivity contribution >= 4 is 5.69 Å². The number of hydrogen-bond acceptors (Lipinski definition) is 3. The van der Waals surface area contributed by atoms with Crippen LogP contribution in [-0.4, -0.2) is 50.2 Å². The van der Waals surface area contributed by atoms with Crippen LogP contribution in [0.5, 0.6) is 0 Å². The first kappa shape index (κ1) is 14.9. The lowest BCUT2D eigenvalue weighted by molar-refractivity contribution is 0.150. The van der Waals surface area contributed by atoms with E-state index >= 15 is 0 Å². The van der Waals surface area contributed by atoms with Crippen molar-refractivity contribution in [2.24, 2.45) is 0 Å². The van der Waals surface area contributed by atoms with Gasteiger partial charge in [-0.05, 0) is 36.5 Å². The molecule has 0 bridgehead atoms. The first-order chi connectivity index (χ1) is 10.2. The van der Waals surface area contributed by atoms with Gasteiger partial charge in [-0.2, -0.15) is 0 Å². The van der Waals surface area contributed by atoms with E-state index in [9.17, 15) is 0 Å². The van der Waals surface area contributed by atoms with E-state index in [1.54, 1.807) is 0 Å². The van der Waals surface area contributed by atoms with Crippen LogP contribution in [0.1, 0.15) is 38.2 Å². The summed E-state index contributed by atoms with van der Waals surface area (Å²) in [6.07, 6.45) is 2.62. The van der Waals surface area contributed by atoms with Crippen molar-refractivity contribution < 1.29 is 0 Å². The highest BCUT2D eigenvalue weighted by molar-refractivity contribution is 5.48. The molecule has 0 aromatic heterocycles. The molecule has 1 aromatic carbocycles. The van der Waals surface area contributed by atoms with E-state index in [0.29, 0.717) is 5.92 Å². The Morgan fingerprint density at radius 3 is 2.14 bits per heavy atom. The predicted octanol–water partition coefficient (Wildman–Crippen LogP) is 2.68. The maximum atomic E-state index is 3.45. The van der Waals surface area contributed by atoms with Crippen molar-refractivity contribution in [1.82, 2.24) is 10.2 Å². The minimum Gasteiger partial charge on any atom is -0.371 e. The van der Waals surface area contributed by atoms with Crippen molar-refractivity contribution in [3.63, 3.8) is 0 Å². The van der Waals surface area contributed by atoms with Gasteiger partial charge < -0.3 is 10.2 Å². The second-order valence-corrected chi connectivity index (χ2v) is 6.75. The van der Waals surface area contributed by atoms with E-state index in [0.717, 1.165) is 19.1 Å². The molecule has 0 amide bonds. The third-order valence-corrected chi connectivity index (χ3v) is 5.06. The second-order valence-electron chi connectivity index (χ2n) is 6.75. The van der Waals surface area contributed by atoms with Gasteiger partial charge in [0.05, 0.1) is 0 Å². The lowest BCUT2D eigenvalue weighted by atomic mass is 10.00. The van der Waals surface area contributed by atoms with Gasteiger partial charge in [-0.3, -0.25) is 4.90 Å². The van der Waals surface area contributed by atoms with Crippen LogP contribution >= 0.6 is 0 Å². The highest BCUT2D eigenvalue weighted by atomic mass is 15.2. The minimum absolute atomic E-state index is 0.623. The van der Waals surface area contributed by atoms with E-state index < -0.39 is 0 Å². The fourth-order valence-corrected chi connectivity index (χ4v) is 3.61. The van der Waals surface area contributed by atoms with Gasteiger partial charge in [0.15, 0.2) is 0 Å². The SMILES string of the molecule is CC(C)c1ccc(N2CCC(N3CCNCC3)CC2)cc1. The fraction of sp³-hybridized carbons (Fsp3) is 0.667. The topological polar surface area (TPSA) is 18.5 Å². The standard InChI is InChI=1S/C18H29N3/c1-15(2)16-3-5-17(6-4-16)20-11-7-18(8-12-20)21-13-9-19-10-14-21/h3-6,15,18-19H,7-14H2,1-2H3. The summed E-state index contributed by atoms with van der Waals surface area (Å²) in [4.78, 5) is 5.25. The molecule has 3 heteroatoms. The molecular formula is C18H29N3. The summed E-state index contributed by atoms with van der Waals surface area (Å²) < 4.78 is 0. The zero-order valence-corrected chi connectivity index (χ0v) is 13.5. The molecule has 0 saturated carbocycles. The summed E-state index contributed by atoms with van der Waals surface area (Å²) in [6, 6.07) is 10.0. The first-order valence-electron chi connectivity index (χ1n) is 8.54. The quantitative estimate of drug-likeness (QED) is 0.922. The molecule has 21 heavy (non-hydrogen) atoms. The number of benzene rings is 1. The van der Waals surface area contributed by atoms with Crippen LogP contribution in [0.2, 0.25) is 0 Å². The Morgan fingerprint density at radius 2 is 1.57 bits per heavy atom. The lowest BCUT2D eigenvalue weighted by Crippen LogP contribution is -2.52. The number of anilines is 1. The van der Waals surface area contributed by atoms with Crippen LogP contribution < -0.4 is 10.2 Å². The Labute approximate surface area is 129 Å². The van der Waals surface area contributed by atoms with Crippen molar-refractivity contribution in [2.75, 3.05) is 44.2 Å². The Bertz CT molecular complexity index is 426. The molecule has 0 unspecified atom stereocenters. The Kier molecular flexibility index (Phi) is 4.81. The van der Waals surface area contributed by atoms with Gasteiger partial charge in [0.2, 0.25) is 0 Å². The van der Waals surface area contributed by atoms with Crippen LogP contribution in [0.4, 0.5) is 5.69 Å². The van der Waals surface area contributed by atoms with E-state index in [-0.39, 0.29) is 0 Å². The molecule has 2 aliphatic rings. The molecular weight excluding hydrogens is 258 g/mol. The first-order valence-corrected chi connectivity index (χ1v) is 8.54. The summed E-state index contributed by atoms with van der Waals surface area (Å²) in [5.41, 5.74) is 2.84. The number of piperazine rings is 1. The van der Waals surface area contributed by atoms with Gasteiger partial charge in [-0.15, -0.1) is 0 Å². The third kappa shape index (κ3) is 3.58. The molecule has 2 saturated heterocycles. The van der Waals surface area contributed by atoms with Gasteiger partial charge in [0.1, 0.15) is 0 Å². The van der Waals surface area contributed by atoms with Crippen LogP contribution in [0.3, 0.4) is 0 Å². The molecule has 0 aliphatic carbocycles. The molecule has 0 spiro atoms. The van der Waals surface area contributed by atoms with E-state index in [4.69, 9.17) is 0 Å². The summed E-state index contributed by atoms with van der Waals surface area (Å²) in [5, 5.41) is 3.45. The molecule has 3 nitrogen and oxygen atoms in total. The molecule has 1 N–H and O–H groups in total. The van der Waals surface area contributed by atoms with Gasteiger partial charge >= 0.3 is 0 Å². The van der Waals surface area contributed by atoms with Crippen molar-refractivity contribution in [1.29, 1.82) is 0 Å². The maximum Gasteiger partial charge on any atom is 0.0366 e. The lowest BCUT2D eigenvalue weighted by Gasteiger charge is -2.41. The minimum atomic E-state index is 0.623. The van der Waals surface area contributed by atoms with Crippen molar-refractivity contribution in [3.05, 3.63) is 29.8 Å². The number of nitrogens with one attached hydrogen (secondary N) is 1. The number of rotatable bonds is 3. The van der Waals surface area contributed by atoms with Crippen LogP contribution in [0, 0.1) is 0 Å². The van der Waals surface area contributed by atoms with Crippen molar-refractivity contribution in [3.8, 4) is 0 Å². The predicted molar refractivity (Wildman–Crippen MR) is 90.2 cm³/mol. The van der Waals surface area contributed by atoms with Gasteiger partial charge in [0.25, 0.3) is 0 Å². The van der Waals surface area contributed by atoms with Gasteiger partial charge in [0, 0.05) is 51.0 Å². The molecule has 2 aliphatic heterocycles. The molecule has 0 atom stereocenters. The molecule has 2 heterocycles. The Hall–Kier alpha value is -1.06. The van der Waals surface area contributed by atoms with Gasteiger partial charge in [-0.25, -0.2) is 0 Å². The number of hydrogen-bond donors (Lipinski definition) is 1. The smallest absolute Gasteiger partial charge is 0.0366 e. The molecule has 2 fully saturated rings. The zero-order valence-electron chi connectivity index (χ0n) is 13.5. The summed E-state index contributed by atoms with van der Waals surface area (Å²) in [6.45, 7) is 11.7. The fourth-order valence-electron chi connectivity index (χ4n) is 3.61. The largest absolute Gasteiger partial charge is 0.371 e. The van der Waals surface area contributed by atoms with Crippen LogP contribution in [-0.2, 0) is 0 Å². The molecule has 1 aromatic rings. The summed E-state index contributed by atoms with van der Waals surface area (Å²) in [5.74, 6) is 0.623. The average Bonchev–Trinajstić information content (AvgIpc) is 2.56. The van der Waals surface area contributed by atoms with Crippen LogP contribution in [0.15, 0.2) is 24.3 Å². The monoisotopic (exact) mass is 287 g/mol. The zero-order chi connectivity index (χ0) is 14.7. The average molecular weight is 287 g/mol.